The highest BCUT2D eigenvalue weighted by Crippen LogP contribution is 2.27. The average molecular weight is 483 g/mol. The third kappa shape index (κ3) is 4.94. The van der Waals surface area contributed by atoms with E-state index in [1.165, 1.54) is 16.8 Å². The summed E-state index contributed by atoms with van der Waals surface area (Å²) >= 11 is 6.18. The number of carbonyl (C=O) groups excluding carboxylic acids is 2. The smallest absolute Gasteiger partial charge is 0.310 e. The molecule has 4 rings (SSSR count). The van der Waals surface area contributed by atoms with Crippen molar-refractivity contribution in [3.63, 3.8) is 0 Å². The summed E-state index contributed by atoms with van der Waals surface area (Å²) in [5.74, 6) is -0.932. The van der Waals surface area contributed by atoms with Gasteiger partial charge in [0, 0.05) is 35.8 Å². The molecule has 2 heterocycles. The van der Waals surface area contributed by atoms with Crippen molar-refractivity contribution in [2.45, 2.75) is 19.8 Å². The number of aromatic nitrogens is 2. The number of non-ortho nitro benzene ring substituents is 1. The van der Waals surface area contributed by atoms with E-state index in [1.54, 1.807) is 54.3 Å². The molecule has 1 saturated heterocycles. The predicted molar refractivity (Wildman–Crippen MR) is 126 cm³/mol. The molecule has 10 heteroatoms. The topological polar surface area (TPSA) is 108 Å². The van der Waals surface area contributed by atoms with E-state index in [-0.39, 0.29) is 30.0 Å². The Bertz CT molecular complexity index is 1220. The van der Waals surface area contributed by atoms with Gasteiger partial charge in [-0.2, -0.15) is 5.10 Å². The maximum absolute atomic E-state index is 13.6. The summed E-state index contributed by atoms with van der Waals surface area (Å²) < 4.78 is 6.67. The Balaban J connectivity index is 1.70. The molecule has 1 aliphatic rings. The van der Waals surface area contributed by atoms with Crippen LogP contribution in [-0.2, 0) is 9.53 Å². The second-order valence-electron chi connectivity index (χ2n) is 7.95. The standard InChI is InChI=1S/C24H23ClN4O5/c1-2-34-24(31)17-5-4-12-27(15-17)23(30)22-14-21(16-8-10-19(11-9-16)29(32)33)26-28(22)20-7-3-6-18(25)13-20/h3,6-11,13-14,17H,2,4-5,12,15H2,1H3. The van der Waals surface area contributed by atoms with Crippen LogP contribution in [0.3, 0.4) is 0 Å². The Morgan fingerprint density at radius 3 is 2.65 bits per heavy atom. The first-order chi connectivity index (χ1) is 16.4. The maximum Gasteiger partial charge on any atom is 0.310 e. The first-order valence-corrected chi connectivity index (χ1v) is 11.3. The van der Waals surface area contributed by atoms with Crippen LogP contribution in [0.2, 0.25) is 5.02 Å². The van der Waals surface area contributed by atoms with Crippen molar-refractivity contribution in [2.75, 3.05) is 19.7 Å². The number of esters is 1. The van der Waals surface area contributed by atoms with Crippen molar-refractivity contribution < 1.29 is 19.2 Å². The molecule has 0 radical (unpaired) electrons. The number of ether oxygens (including phenoxy) is 1. The van der Waals surface area contributed by atoms with Gasteiger partial charge in [-0.05, 0) is 56.2 Å². The number of piperidine rings is 1. The van der Waals surface area contributed by atoms with Crippen LogP contribution in [0.25, 0.3) is 16.9 Å². The van der Waals surface area contributed by atoms with Gasteiger partial charge in [0.05, 0.1) is 28.8 Å². The van der Waals surface area contributed by atoms with Crippen molar-refractivity contribution in [3.8, 4) is 16.9 Å². The summed E-state index contributed by atoms with van der Waals surface area (Å²) in [5, 5.41) is 16.1. The third-order valence-electron chi connectivity index (χ3n) is 5.68. The van der Waals surface area contributed by atoms with E-state index in [2.05, 4.69) is 5.10 Å². The molecule has 176 valence electrons. The molecular weight excluding hydrogens is 460 g/mol. The predicted octanol–water partition coefficient (Wildman–Crippen LogP) is 4.52. The lowest BCUT2D eigenvalue weighted by Crippen LogP contribution is -2.43. The Morgan fingerprint density at radius 1 is 1.21 bits per heavy atom. The first-order valence-electron chi connectivity index (χ1n) is 10.9. The van der Waals surface area contributed by atoms with E-state index in [0.717, 1.165) is 0 Å². The first kappa shape index (κ1) is 23.4. The van der Waals surface area contributed by atoms with Gasteiger partial charge < -0.3 is 9.64 Å². The van der Waals surface area contributed by atoms with Crippen LogP contribution in [0.15, 0.2) is 54.6 Å². The fourth-order valence-electron chi connectivity index (χ4n) is 4.01. The number of nitro groups is 1. The lowest BCUT2D eigenvalue weighted by atomic mass is 9.98. The lowest BCUT2D eigenvalue weighted by Gasteiger charge is -2.31. The van der Waals surface area contributed by atoms with Crippen LogP contribution in [0.1, 0.15) is 30.3 Å². The van der Waals surface area contributed by atoms with Crippen LogP contribution >= 0.6 is 11.6 Å². The number of hydrogen-bond acceptors (Lipinski definition) is 6. The Kier molecular flexibility index (Phi) is 6.93. The van der Waals surface area contributed by atoms with Gasteiger partial charge in [0.25, 0.3) is 11.6 Å². The van der Waals surface area contributed by atoms with Crippen molar-refractivity contribution >= 4 is 29.2 Å². The van der Waals surface area contributed by atoms with Crippen LogP contribution < -0.4 is 0 Å². The molecule has 34 heavy (non-hydrogen) atoms. The van der Waals surface area contributed by atoms with Gasteiger partial charge >= 0.3 is 5.97 Å². The molecule has 1 aromatic heterocycles. The average Bonchev–Trinajstić information content (AvgIpc) is 3.29. The molecule has 1 amide bonds. The van der Waals surface area contributed by atoms with Crippen LogP contribution in [0, 0.1) is 16.0 Å². The summed E-state index contributed by atoms with van der Waals surface area (Å²) in [4.78, 5) is 38.0. The Hall–Kier alpha value is -3.72. The van der Waals surface area contributed by atoms with Crippen molar-refractivity contribution in [1.82, 2.24) is 14.7 Å². The summed E-state index contributed by atoms with van der Waals surface area (Å²) in [6.45, 7) is 2.84. The molecule has 0 aliphatic carbocycles. The second-order valence-corrected chi connectivity index (χ2v) is 8.39. The second kappa shape index (κ2) is 10.0. The summed E-state index contributed by atoms with van der Waals surface area (Å²) in [5.41, 5.74) is 1.98. The minimum atomic E-state index is -0.473. The van der Waals surface area contributed by atoms with Gasteiger partial charge in [0.1, 0.15) is 5.69 Å². The molecule has 2 aromatic carbocycles. The Morgan fingerprint density at radius 2 is 1.97 bits per heavy atom. The minimum absolute atomic E-state index is 0.0346. The fourth-order valence-corrected chi connectivity index (χ4v) is 4.19. The van der Waals surface area contributed by atoms with E-state index < -0.39 is 4.92 Å². The van der Waals surface area contributed by atoms with E-state index in [4.69, 9.17) is 16.3 Å². The minimum Gasteiger partial charge on any atom is -0.466 e. The number of carbonyl (C=O) groups is 2. The molecule has 0 spiro atoms. The molecule has 0 saturated carbocycles. The van der Waals surface area contributed by atoms with E-state index in [0.29, 0.717) is 53.7 Å². The van der Waals surface area contributed by atoms with Crippen LogP contribution in [-0.4, -0.2) is 51.2 Å². The van der Waals surface area contributed by atoms with Gasteiger partial charge in [-0.1, -0.05) is 17.7 Å². The largest absolute Gasteiger partial charge is 0.466 e. The zero-order chi connectivity index (χ0) is 24.2. The zero-order valence-corrected chi connectivity index (χ0v) is 19.3. The van der Waals surface area contributed by atoms with Crippen molar-refractivity contribution in [3.05, 3.63) is 75.4 Å². The summed E-state index contributed by atoms with van der Waals surface area (Å²) in [7, 11) is 0. The van der Waals surface area contributed by atoms with Crippen LogP contribution in [0.5, 0.6) is 0 Å². The molecule has 9 nitrogen and oxygen atoms in total. The van der Waals surface area contributed by atoms with Crippen LogP contribution in [0.4, 0.5) is 5.69 Å². The number of likely N-dealkylation sites (tertiary alicyclic amines) is 1. The molecule has 1 fully saturated rings. The van der Waals surface area contributed by atoms with Gasteiger partial charge in [0.2, 0.25) is 0 Å². The quantitative estimate of drug-likeness (QED) is 0.290. The summed E-state index contributed by atoms with van der Waals surface area (Å²) in [6.07, 6.45) is 1.36. The van der Waals surface area contributed by atoms with Gasteiger partial charge in [-0.15, -0.1) is 0 Å². The van der Waals surface area contributed by atoms with E-state index in [9.17, 15) is 19.7 Å². The third-order valence-corrected chi connectivity index (χ3v) is 5.92. The molecule has 1 aliphatic heterocycles. The van der Waals surface area contributed by atoms with E-state index in [1.807, 2.05) is 0 Å². The molecule has 1 unspecified atom stereocenters. The normalized spacial score (nSPS) is 15.7. The number of nitro benzene ring substituents is 1. The lowest BCUT2D eigenvalue weighted by molar-refractivity contribution is -0.384. The molecule has 3 aromatic rings. The molecule has 0 N–H and O–H groups in total. The summed E-state index contributed by atoms with van der Waals surface area (Å²) in [6, 6.07) is 14.6. The molecule has 1 atom stereocenters. The van der Waals surface area contributed by atoms with E-state index >= 15 is 0 Å². The van der Waals surface area contributed by atoms with Gasteiger partial charge in [0.15, 0.2) is 0 Å². The Labute approximate surface area is 201 Å². The van der Waals surface area contributed by atoms with Gasteiger partial charge in [-0.3, -0.25) is 19.7 Å². The number of hydrogen-bond donors (Lipinski definition) is 0. The molecule has 0 bridgehead atoms. The SMILES string of the molecule is CCOC(=O)C1CCCN(C(=O)c2cc(-c3ccc([N+](=O)[O-])cc3)nn2-c2cccc(Cl)c2)C1. The highest BCUT2D eigenvalue weighted by Gasteiger charge is 2.31. The molecular formula is C24H23ClN4O5. The number of halogens is 1. The number of benzene rings is 2. The monoisotopic (exact) mass is 482 g/mol. The fraction of sp³-hybridized carbons (Fsp3) is 0.292. The number of nitrogens with zero attached hydrogens (tertiary/aromatic N) is 4. The maximum atomic E-state index is 13.6. The number of rotatable bonds is 6. The highest BCUT2D eigenvalue weighted by molar-refractivity contribution is 6.30. The van der Waals surface area contributed by atoms with Crippen molar-refractivity contribution in [1.29, 1.82) is 0 Å². The zero-order valence-electron chi connectivity index (χ0n) is 18.5. The van der Waals surface area contributed by atoms with Crippen molar-refractivity contribution in [2.24, 2.45) is 5.92 Å². The highest BCUT2D eigenvalue weighted by atomic mass is 35.5. The van der Waals surface area contributed by atoms with Gasteiger partial charge in [-0.25, -0.2) is 4.68 Å². The number of amides is 1.